The summed E-state index contributed by atoms with van der Waals surface area (Å²) in [5.74, 6) is 0. The maximum atomic E-state index is 4.63. The number of nitrogens with one attached hydrogen (secondary N) is 1. The van der Waals surface area contributed by atoms with Gasteiger partial charge in [-0.15, -0.1) is 0 Å². The number of aromatic nitrogens is 1. The number of para-hydroxylation sites is 1. The molecule has 0 aliphatic carbocycles. The average Bonchev–Trinajstić information content (AvgIpc) is 2.42. The van der Waals surface area contributed by atoms with Crippen LogP contribution in [-0.2, 0) is 0 Å². The van der Waals surface area contributed by atoms with Gasteiger partial charge in [-0.25, -0.2) is 0 Å². The molecule has 0 saturated heterocycles. The first-order valence-corrected chi connectivity index (χ1v) is 7.36. The molecule has 0 aliphatic heterocycles. The third-order valence-electron chi connectivity index (χ3n) is 3.55. The Morgan fingerprint density at radius 3 is 2.74 bits per heavy atom. The standard InChI is InChI=1S/C17H24N2/c1-4-6-10-16(18-5-2)15-12-13(3)19-17-11-8-7-9-14(15)17/h7-9,11-12,16,18H,4-6,10H2,1-3H3. The van der Waals surface area contributed by atoms with Crippen LogP contribution < -0.4 is 5.32 Å². The van der Waals surface area contributed by atoms with E-state index in [2.05, 4.69) is 61.4 Å². The first kappa shape index (κ1) is 14.0. The summed E-state index contributed by atoms with van der Waals surface area (Å²) in [6.45, 7) is 7.51. The molecule has 1 aromatic heterocycles. The summed E-state index contributed by atoms with van der Waals surface area (Å²) in [5.41, 5.74) is 3.61. The van der Waals surface area contributed by atoms with Gasteiger partial charge in [-0.2, -0.15) is 0 Å². The lowest BCUT2D eigenvalue weighted by molar-refractivity contribution is 0.497. The number of fused-ring (bicyclic) bond motifs is 1. The van der Waals surface area contributed by atoms with Gasteiger partial charge in [0.1, 0.15) is 0 Å². The van der Waals surface area contributed by atoms with Crippen LogP contribution in [0.5, 0.6) is 0 Å². The summed E-state index contributed by atoms with van der Waals surface area (Å²) in [4.78, 5) is 4.63. The van der Waals surface area contributed by atoms with Gasteiger partial charge in [0.2, 0.25) is 0 Å². The van der Waals surface area contributed by atoms with Crippen LogP contribution in [-0.4, -0.2) is 11.5 Å². The van der Waals surface area contributed by atoms with Gasteiger partial charge in [-0.1, -0.05) is 44.9 Å². The molecular formula is C17H24N2. The second kappa shape index (κ2) is 6.67. The van der Waals surface area contributed by atoms with E-state index in [4.69, 9.17) is 0 Å². The third-order valence-corrected chi connectivity index (χ3v) is 3.55. The molecule has 1 unspecified atom stereocenters. The Morgan fingerprint density at radius 2 is 2.00 bits per heavy atom. The Hall–Kier alpha value is -1.41. The molecule has 1 N–H and O–H groups in total. The number of rotatable bonds is 6. The minimum atomic E-state index is 0.441. The predicted octanol–water partition coefficient (Wildman–Crippen LogP) is 4.38. The van der Waals surface area contributed by atoms with Crippen molar-refractivity contribution in [2.45, 2.75) is 46.1 Å². The summed E-state index contributed by atoms with van der Waals surface area (Å²) in [7, 11) is 0. The zero-order chi connectivity index (χ0) is 13.7. The van der Waals surface area contributed by atoms with Crippen LogP contribution >= 0.6 is 0 Å². The highest BCUT2D eigenvalue weighted by atomic mass is 14.9. The number of aryl methyl sites for hydroxylation is 1. The predicted molar refractivity (Wildman–Crippen MR) is 82.4 cm³/mol. The SMILES string of the molecule is CCCCC(NCC)c1cc(C)nc2ccccc12. The molecule has 0 aliphatic rings. The van der Waals surface area contributed by atoms with Gasteiger partial charge in [-0.05, 0) is 37.6 Å². The molecule has 2 heteroatoms. The number of unbranched alkanes of at least 4 members (excludes halogenated alkanes) is 1. The monoisotopic (exact) mass is 256 g/mol. The van der Waals surface area contributed by atoms with E-state index < -0.39 is 0 Å². The van der Waals surface area contributed by atoms with Crippen molar-refractivity contribution in [3.05, 3.63) is 41.6 Å². The fraction of sp³-hybridized carbons (Fsp3) is 0.471. The number of pyridine rings is 1. The quantitative estimate of drug-likeness (QED) is 0.829. The van der Waals surface area contributed by atoms with Crippen molar-refractivity contribution in [3.8, 4) is 0 Å². The molecule has 1 heterocycles. The van der Waals surface area contributed by atoms with Gasteiger partial charge in [0, 0.05) is 17.1 Å². The Kier molecular flexibility index (Phi) is 4.92. The van der Waals surface area contributed by atoms with Crippen LogP contribution in [0.4, 0.5) is 0 Å². The summed E-state index contributed by atoms with van der Waals surface area (Å²) < 4.78 is 0. The van der Waals surface area contributed by atoms with E-state index in [1.165, 1.54) is 30.2 Å². The Labute approximate surface area is 116 Å². The average molecular weight is 256 g/mol. The number of nitrogens with zero attached hydrogens (tertiary/aromatic N) is 1. The molecule has 0 fully saturated rings. The lowest BCUT2D eigenvalue weighted by Gasteiger charge is -2.20. The Balaban J connectivity index is 2.45. The van der Waals surface area contributed by atoms with Crippen molar-refractivity contribution in [1.29, 1.82) is 0 Å². The van der Waals surface area contributed by atoms with Gasteiger partial charge < -0.3 is 5.32 Å². The normalized spacial score (nSPS) is 12.8. The smallest absolute Gasteiger partial charge is 0.0708 e. The van der Waals surface area contributed by atoms with E-state index in [1.807, 2.05) is 0 Å². The van der Waals surface area contributed by atoms with Gasteiger partial charge in [0.05, 0.1) is 5.52 Å². The molecule has 19 heavy (non-hydrogen) atoms. The van der Waals surface area contributed by atoms with E-state index in [0.717, 1.165) is 17.8 Å². The van der Waals surface area contributed by atoms with Crippen molar-refractivity contribution in [1.82, 2.24) is 10.3 Å². The van der Waals surface area contributed by atoms with Crippen molar-refractivity contribution in [2.24, 2.45) is 0 Å². The molecule has 102 valence electrons. The minimum absolute atomic E-state index is 0.441. The maximum Gasteiger partial charge on any atom is 0.0708 e. The number of benzene rings is 1. The zero-order valence-electron chi connectivity index (χ0n) is 12.2. The van der Waals surface area contributed by atoms with Crippen LogP contribution in [0.1, 0.15) is 50.4 Å². The Morgan fingerprint density at radius 1 is 1.21 bits per heavy atom. The molecule has 2 rings (SSSR count). The first-order valence-electron chi connectivity index (χ1n) is 7.36. The van der Waals surface area contributed by atoms with E-state index in [0.29, 0.717) is 6.04 Å². The van der Waals surface area contributed by atoms with Crippen LogP contribution in [0.25, 0.3) is 10.9 Å². The van der Waals surface area contributed by atoms with E-state index in [1.54, 1.807) is 0 Å². The van der Waals surface area contributed by atoms with Crippen LogP contribution in [0.3, 0.4) is 0 Å². The highest BCUT2D eigenvalue weighted by Crippen LogP contribution is 2.27. The summed E-state index contributed by atoms with van der Waals surface area (Å²) in [5, 5.41) is 4.91. The van der Waals surface area contributed by atoms with Crippen molar-refractivity contribution >= 4 is 10.9 Å². The van der Waals surface area contributed by atoms with E-state index >= 15 is 0 Å². The lowest BCUT2D eigenvalue weighted by Crippen LogP contribution is -2.21. The summed E-state index contributed by atoms with van der Waals surface area (Å²) in [6, 6.07) is 11.1. The summed E-state index contributed by atoms with van der Waals surface area (Å²) in [6.07, 6.45) is 3.69. The summed E-state index contributed by atoms with van der Waals surface area (Å²) >= 11 is 0. The van der Waals surface area contributed by atoms with Crippen molar-refractivity contribution in [2.75, 3.05) is 6.54 Å². The highest BCUT2D eigenvalue weighted by Gasteiger charge is 2.14. The third kappa shape index (κ3) is 3.32. The second-order valence-electron chi connectivity index (χ2n) is 5.12. The van der Waals surface area contributed by atoms with Crippen molar-refractivity contribution < 1.29 is 0 Å². The molecule has 0 radical (unpaired) electrons. The van der Waals surface area contributed by atoms with Crippen molar-refractivity contribution in [3.63, 3.8) is 0 Å². The van der Waals surface area contributed by atoms with Gasteiger partial charge >= 0.3 is 0 Å². The highest BCUT2D eigenvalue weighted by molar-refractivity contribution is 5.82. The molecule has 2 aromatic rings. The van der Waals surface area contributed by atoms with Crippen LogP contribution in [0.2, 0.25) is 0 Å². The molecule has 1 aromatic carbocycles. The second-order valence-corrected chi connectivity index (χ2v) is 5.12. The zero-order valence-corrected chi connectivity index (χ0v) is 12.2. The molecule has 1 atom stereocenters. The largest absolute Gasteiger partial charge is 0.310 e. The van der Waals surface area contributed by atoms with Gasteiger partial charge in [0.25, 0.3) is 0 Å². The molecule has 0 spiro atoms. The lowest BCUT2D eigenvalue weighted by atomic mass is 9.96. The van der Waals surface area contributed by atoms with Crippen LogP contribution in [0, 0.1) is 6.92 Å². The van der Waals surface area contributed by atoms with Gasteiger partial charge in [-0.3, -0.25) is 4.98 Å². The number of hydrogen-bond donors (Lipinski definition) is 1. The fourth-order valence-corrected chi connectivity index (χ4v) is 2.65. The van der Waals surface area contributed by atoms with Gasteiger partial charge in [0.15, 0.2) is 0 Å². The maximum absolute atomic E-state index is 4.63. The van der Waals surface area contributed by atoms with Crippen LogP contribution in [0.15, 0.2) is 30.3 Å². The minimum Gasteiger partial charge on any atom is -0.310 e. The molecule has 0 bridgehead atoms. The molecular weight excluding hydrogens is 232 g/mol. The Bertz CT molecular complexity index is 534. The molecule has 2 nitrogen and oxygen atoms in total. The van der Waals surface area contributed by atoms with E-state index in [-0.39, 0.29) is 0 Å². The number of hydrogen-bond acceptors (Lipinski definition) is 2. The molecule has 0 amide bonds. The fourth-order valence-electron chi connectivity index (χ4n) is 2.65. The van der Waals surface area contributed by atoms with E-state index in [9.17, 15) is 0 Å². The molecule has 0 saturated carbocycles. The topological polar surface area (TPSA) is 24.9 Å². The first-order chi connectivity index (χ1) is 9.26.